The smallest absolute Gasteiger partial charge is 0.378 e. The van der Waals surface area contributed by atoms with Gasteiger partial charge in [-0.15, -0.1) is 5.10 Å². The summed E-state index contributed by atoms with van der Waals surface area (Å²) in [6.45, 7) is 3.97. The van der Waals surface area contributed by atoms with Crippen molar-refractivity contribution in [3.05, 3.63) is 27.4 Å². The number of alkyl halides is 3. The van der Waals surface area contributed by atoms with Crippen molar-refractivity contribution in [3.63, 3.8) is 0 Å². The minimum Gasteiger partial charge on any atom is -0.378 e. The Morgan fingerprint density at radius 1 is 1.29 bits per heavy atom. The highest BCUT2D eigenvalue weighted by Crippen LogP contribution is 2.26. The van der Waals surface area contributed by atoms with E-state index in [9.17, 15) is 22.8 Å². The third-order valence-corrected chi connectivity index (χ3v) is 4.13. The Bertz CT molecular complexity index is 903. The van der Waals surface area contributed by atoms with Crippen LogP contribution in [0, 0.1) is 6.92 Å². The Hall–Kier alpha value is -2.96. The molecular formula is C15H18F3N7O3. The number of ether oxygens (including phenoxy) is 1. The molecule has 0 atom stereocenters. The van der Waals surface area contributed by atoms with E-state index >= 15 is 0 Å². The summed E-state index contributed by atoms with van der Waals surface area (Å²) in [4.78, 5) is 36.4. The fourth-order valence-corrected chi connectivity index (χ4v) is 2.69. The number of aromatic amines is 2. The number of amides is 1. The fraction of sp³-hybridized carbons (Fsp3) is 0.533. The first kappa shape index (κ1) is 19.8. The number of aryl methyl sites for hydroxylation is 1. The fourth-order valence-electron chi connectivity index (χ4n) is 2.69. The number of H-pyrrole nitrogens is 2. The maximum Gasteiger partial charge on any atom is 0.451 e. The lowest BCUT2D eigenvalue weighted by Crippen LogP contribution is -2.38. The first-order valence-electron chi connectivity index (χ1n) is 8.46. The zero-order valence-corrected chi connectivity index (χ0v) is 14.9. The monoisotopic (exact) mass is 401 g/mol. The summed E-state index contributed by atoms with van der Waals surface area (Å²) in [6, 6.07) is 0. The molecule has 1 saturated heterocycles. The molecule has 0 unspecified atom stereocenters. The van der Waals surface area contributed by atoms with Gasteiger partial charge in [0.05, 0.1) is 13.2 Å². The Kier molecular flexibility index (Phi) is 5.63. The van der Waals surface area contributed by atoms with Gasteiger partial charge < -0.3 is 9.64 Å². The van der Waals surface area contributed by atoms with Crippen LogP contribution in [0.5, 0.6) is 0 Å². The Balaban J connectivity index is 1.61. The zero-order chi connectivity index (χ0) is 20.3. The number of hydrogen-bond donors (Lipinski definition) is 3. The normalized spacial score (nSPS) is 14.9. The molecule has 0 radical (unpaired) electrons. The van der Waals surface area contributed by atoms with Gasteiger partial charge in [0.15, 0.2) is 0 Å². The number of morpholine rings is 1. The molecule has 1 aliphatic rings. The van der Waals surface area contributed by atoms with E-state index < -0.39 is 23.9 Å². The molecule has 2 aromatic heterocycles. The molecule has 3 N–H and O–H groups in total. The predicted molar refractivity (Wildman–Crippen MR) is 91.0 cm³/mol. The number of carbonyl (C=O) groups is 1. The average Bonchev–Trinajstić information content (AvgIpc) is 3.10. The lowest BCUT2D eigenvalue weighted by atomic mass is 10.1. The molecule has 0 spiro atoms. The SMILES string of the molecule is Cc1nc(N2CCOCC2)[nH]c(=O)c1CCC(=O)Nc1n[nH]c(C(F)(F)F)n1. The number of nitrogens with one attached hydrogen (secondary N) is 3. The third-order valence-electron chi connectivity index (χ3n) is 4.13. The Morgan fingerprint density at radius 3 is 2.61 bits per heavy atom. The van der Waals surface area contributed by atoms with Crippen LogP contribution in [-0.2, 0) is 22.1 Å². The van der Waals surface area contributed by atoms with Crippen LogP contribution >= 0.6 is 0 Å². The molecule has 1 amide bonds. The van der Waals surface area contributed by atoms with E-state index in [0.717, 1.165) is 0 Å². The molecular weight excluding hydrogens is 383 g/mol. The second kappa shape index (κ2) is 7.96. The van der Waals surface area contributed by atoms with Gasteiger partial charge in [-0.05, 0) is 13.3 Å². The summed E-state index contributed by atoms with van der Waals surface area (Å²) >= 11 is 0. The van der Waals surface area contributed by atoms with Gasteiger partial charge >= 0.3 is 6.18 Å². The minimum absolute atomic E-state index is 0.0694. The van der Waals surface area contributed by atoms with Gasteiger partial charge in [0.1, 0.15) is 0 Å². The highest BCUT2D eigenvalue weighted by atomic mass is 19.4. The van der Waals surface area contributed by atoms with Gasteiger partial charge in [-0.25, -0.2) is 4.98 Å². The number of hydrogen-bond acceptors (Lipinski definition) is 7. The predicted octanol–water partition coefficient (Wildman–Crippen LogP) is 0.623. The van der Waals surface area contributed by atoms with Crippen molar-refractivity contribution >= 4 is 17.8 Å². The molecule has 3 heterocycles. The molecule has 0 saturated carbocycles. The van der Waals surface area contributed by atoms with Crippen LogP contribution < -0.4 is 15.8 Å². The van der Waals surface area contributed by atoms with Crippen LogP contribution in [0.15, 0.2) is 4.79 Å². The molecule has 28 heavy (non-hydrogen) atoms. The minimum atomic E-state index is -4.69. The number of halogens is 3. The summed E-state index contributed by atoms with van der Waals surface area (Å²) in [5, 5.41) is 7.15. The van der Waals surface area contributed by atoms with E-state index in [2.05, 4.69) is 25.4 Å². The standard InChI is InChI=1S/C15H18F3N7O3/c1-8-9(11(27)21-14(19-8)25-4-6-28-7-5-25)2-3-10(26)20-13-22-12(23-24-13)15(16,17)18/h2-7H2,1H3,(H,19,21,27)(H2,20,22,23,24,26). The largest absolute Gasteiger partial charge is 0.451 e. The van der Waals surface area contributed by atoms with E-state index in [1.165, 1.54) is 0 Å². The molecule has 152 valence electrons. The highest BCUT2D eigenvalue weighted by Gasteiger charge is 2.35. The van der Waals surface area contributed by atoms with E-state index in [1.807, 2.05) is 4.90 Å². The first-order chi connectivity index (χ1) is 13.2. The number of nitrogens with zero attached hydrogens (tertiary/aromatic N) is 4. The van der Waals surface area contributed by atoms with Crippen molar-refractivity contribution in [2.24, 2.45) is 0 Å². The van der Waals surface area contributed by atoms with Gasteiger partial charge in [-0.1, -0.05) is 0 Å². The van der Waals surface area contributed by atoms with Crippen LogP contribution in [0.3, 0.4) is 0 Å². The maximum atomic E-state index is 12.5. The van der Waals surface area contributed by atoms with Gasteiger partial charge in [-0.3, -0.25) is 25.0 Å². The molecule has 10 nitrogen and oxygen atoms in total. The van der Waals surface area contributed by atoms with Gasteiger partial charge in [0.2, 0.25) is 23.6 Å². The van der Waals surface area contributed by atoms with Crippen LogP contribution in [0.25, 0.3) is 0 Å². The maximum absolute atomic E-state index is 12.5. The van der Waals surface area contributed by atoms with Crippen LogP contribution in [0.1, 0.15) is 23.5 Å². The number of rotatable bonds is 5. The molecule has 1 aliphatic heterocycles. The molecule has 0 bridgehead atoms. The average molecular weight is 401 g/mol. The van der Waals surface area contributed by atoms with Gasteiger partial charge in [0.25, 0.3) is 5.56 Å². The molecule has 13 heteroatoms. The second-order valence-corrected chi connectivity index (χ2v) is 6.11. The summed E-state index contributed by atoms with van der Waals surface area (Å²) in [5.41, 5.74) is 0.451. The first-order valence-corrected chi connectivity index (χ1v) is 8.46. The topological polar surface area (TPSA) is 129 Å². The van der Waals surface area contributed by atoms with Crippen molar-refractivity contribution in [1.29, 1.82) is 0 Å². The highest BCUT2D eigenvalue weighted by molar-refractivity contribution is 5.89. The van der Waals surface area contributed by atoms with E-state index in [-0.39, 0.29) is 18.4 Å². The van der Waals surface area contributed by atoms with Crippen LogP contribution in [-0.4, -0.2) is 57.4 Å². The van der Waals surface area contributed by atoms with Gasteiger partial charge in [0, 0.05) is 30.8 Å². The molecule has 2 aromatic rings. The Morgan fingerprint density at radius 2 is 2.00 bits per heavy atom. The van der Waals surface area contributed by atoms with Crippen molar-refractivity contribution in [2.75, 3.05) is 36.5 Å². The molecule has 0 aliphatic carbocycles. The van der Waals surface area contributed by atoms with Gasteiger partial charge in [-0.2, -0.15) is 18.2 Å². The summed E-state index contributed by atoms with van der Waals surface area (Å²) in [7, 11) is 0. The summed E-state index contributed by atoms with van der Waals surface area (Å²) in [6.07, 6.45) is -4.76. The molecule has 0 aromatic carbocycles. The lowest BCUT2D eigenvalue weighted by Gasteiger charge is -2.27. The summed E-state index contributed by atoms with van der Waals surface area (Å²) < 4.78 is 42.6. The van der Waals surface area contributed by atoms with Crippen LogP contribution in [0.4, 0.5) is 25.1 Å². The third kappa shape index (κ3) is 4.65. The lowest BCUT2D eigenvalue weighted by molar-refractivity contribution is -0.144. The summed E-state index contributed by atoms with van der Waals surface area (Å²) in [5.74, 6) is -1.97. The zero-order valence-electron chi connectivity index (χ0n) is 14.9. The Labute approximate surface area is 156 Å². The quantitative estimate of drug-likeness (QED) is 0.670. The van der Waals surface area contributed by atoms with Crippen molar-refractivity contribution in [1.82, 2.24) is 25.1 Å². The van der Waals surface area contributed by atoms with Crippen LogP contribution in [0.2, 0.25) is 0 Å². The number of carbonyl (C=O) groups excluding carboxylic acids is 1. The molecule has 3 rings (SSSR count). The van der Waals surface area contributed by atoms with E-state index in [4.69, 9.17) is 4.74 Å². The van der Waals surface area contributed by atoms with Crippen molar-refractivity contribution in [3.8, 4) is 0 Å². The molecule has 1 fully saturated rings. The van der Waals surface area contributed by atoms with Crippen molar-refractivity contribution in [2.45, 2.75) is 25.9 Å². The second-order valence-electron chi connectivity index (χ2n) is 6.11. The number of anilines is 2. The van der Waals surface area contributed by atoms with E-state index in [0.29, 0.717) is 43.5 Å². The van der Waals surface area contributed by atoms with Crippen molar-refractivity contribution < 1.29 is 22.7 Å². The van der Waals surface area contributed by atoms with E-state index in [1.54, 1.807) is 12.0 Å². The number of aromatic nitrogens is 5.